The maximum atomic E-state index is 12.2. The van der Waals surface area contributed by atoms with Gasteiger partial charge in [0.25, 0.3) is 0 Å². The fourth-order valence-corrected chi connectivity index (χ4v) is 3.51. The van der Waals surface area contributed by atoms with Crippen LogP contribution in [0.4, 0.5) is 13.2 Å². The number of nitrogens with zero attached hydrogens (tertiary/aromatic N) is 1. The SMILES string of the molecule is N#CCC(=O)NC(=O)[C@H](CCCSCC(=O)C(F)(F)F)NC1CCCC1. The van der Waals surface area contributed by atoms with Crippen molar-refractivity contribution in [3.63, 3.8) is 0 Å². The number of thioether (sulfide) groups is 1. The number of rotatable bonds is 10. The molecule has 26 heavy (non-hydrogen) atoms. The molecule has 0 aromatic heterocycles. The van der Waals surface area contributed by atoms with Crippen LogP contribution in [0.2, 0.25) is 0 Å². The minimum atomic E-state index is -4.82. The molecule has 1 saturated carbocycles. The van der Waals surface area contributed by atoms with E-state index in [1.165, 1.54) is 0 Å². The van der Waals surface area contributed by atoms with Gasteiger partial charge in [0.2, 0.25) is 17.6 Å². The van der Waals surface area contributed by atoms with Gasteiger partial charge in [0, 0.05) is 6.04 Å². The second kappa shape index (κ2) is 11.2. The summed E-state index contributed by atoms with van der Waals surface area (Å²) in [6, 6.07) is 1.17. The lowest BCUT2D eigenvalue weighted by atomic mass is 10.1. The van der Waals surface area contributed by atoms with E-state index in [2.05, 4.69) is 10.6 Å². The first-order valence-corrected chi connectivity index (χ1v) is 9.54. The van der Waals surface area contributed by atoms with Crippen LogP contribution in [0.3, 0.4) is 0 Å². The number of hydrogen-bond acceptors (Lipinski definition) is 6. The van der Waals surface area contributed by atoms with Crippen molar-refractivity contribution in [3.8, 4) is 6.07 Å². The van der Waals surface area contributed by atoms with Crippen LogP contribution in [0.1, 0.15) is 44.9 Å². The van der Waals surface area contributed by atoms with E-state index in [1.54, 1.807) is 6.07 Å². The monoisotopic (exact) mass is 393 g/mol. The average Bonchev–Trinajstić information content (AvgIpc) is 3.05. The van der Waals surface area contributed by atoms with Crippen molar-refractivity contribution >= 4 is 29.4 Å². The third kappa shape index (κ3) is 8.67. The molecule has 10 heteroatoms. The Morgan fingerprint density at radius 1 is 1.23 bits per heavy atom. The topological polar surface area (TPSA) is 99.1 Å². The number of alkyl halides is 3. The van der Waals surface area contributed by atoms with Crippen molar-refractivity contribution in [2.45, 2.75) is 63.2 Å². The number of Topliss-reactive ketones (excluding diaryl/α,β-unsaturated/α-hetero) is 1. The van der Waals surface area contributed by atoms with Gasteiger partial charge < -0.3 is 5.32 Å². The summed E-state index contributed by atoms with van der Waals surface area (Å²) in [6.07, 6.45) is -0.549. The van der Waals surface area contributed by atoms with E-state index in [9.17, 15) is 27.6 Å². The number of nitrogens with one attached hydrogen (secondary N) is 2. The Kier molecular flexibility index (Phi) is 9.65. The molecule has 0 aromatic rings. The van der Waals surface area contributed by atoms with Crippen LogP contribution in [0.25, 0.3) is 0 Å². The lowest BCUT2D eigenvalue weighted by Gasteiger charge is -2.22. The zero-order chi connectivity index (χ0) is 19.6. The third-order valence-electron chi connectivity index (χ3n) is 3.94. The third-order valence-corrected chi connectivity index (χ3v) is 4.99. The van der Waals surface area contributed by atoms with Crippen LogP contribution in [0, 0.1) is 11.3 Å². The Hall–Kier alpha value is -1.60. The highest BCUT2D eigenvalue weighted by molar-refractivity contribution is 7.99. The smallest absolute Gasteiger partial charge is 0.303 e. The van der Waals surface area contributed by atoms with Crippen molar-refractivity contribution in [1.82, 2.24) is 10.6 Å². The van der Waals surface area contributed by atoms with Gasteiger partial charge in [-0.25, -0.2) is 0 Å². The molecule has 0 aromatic carbocycles. The first-order chi connectivity index (χ1) is 12.2. The number of carbonyl (C=O) groups excluding carboxylic acids is 3. The highest BCUT2D eigenvalue weighted by Crippen LogP contribution is 2.21. The second-order valence-corrected chi connectivity index (χ2v) is 7.17. The van der Waals surface area contributed by atoms with Gasteiger partial charge in [0.15, 0.2) is 0 Å². The Morgan fingerprint density at radius 2 is 1.88 bits per heavy atom. The highest BCUT2D eigenvalue weighted by Gasteiger charge is 2.37. The van der Waals surface area contributed by atoms with Gasteiger partial charge in [-0.1, -0.05) is 12.8 Å². The molecule has 0 radical (unpaired) electrons. The molecule has 1 aliphatic rings. The minimum Gasteiger partial charge on any atom is -0.303 e. The number of amides is 2. The van der Waals surface area contributed by atoms with Gasteiger partial charge in [0.05, 0.1) is 17.9 Å². The predicted molar refractivity (Wildman–Crippen MR) is 90.2 cm³/mol. The van der Waals surface area contributed by atoms with Crippen LogP contribution in [-0.2, 0) is 14.4 Å². The van der Waals surface area contributed by atoms with Crippen LogP contribution in [-0.4, -0.2) is 47.4 Å². The zero-order valence-electron chi connectivity index (χ0n) is 14.2. The van der Waals surface area contributed by atoms with Crippen LogP contribution >= 0.6 is 11.8 Å². The Morgan fingerprint density at radius 3 is 2.46 bits per heavy atom. The lowest BCUT2D eigenvalue weighted by Crippen LogP contribution is -2.49. The summed E-state index contributed by atoms with van der Waals surface area (Å²) in [4.78, 5) is 34.4. The molecule has 6 nitrogen and oxygen atoms in total. The summed E-state index contributed by atoms with van der Waals surface area (Å²) in [6.45, 7) is 0. The van der Waals surface area contributed by atoms with Crippen molar-refractivity contribution in [1.29, 1.82) is 5.26 Å². The van der Waals surface area contributed by atoms with Gasteiger partial charge in [-0.05, 0) is 31.4 Å². The predicted octanol–water partition coefficient (Wildman–Crippen LogP) is 2.09. The molecule has 0 aliphatic heterocycles. The van der Waals surface area contributed by atoms with Crippen molar-refractivity contribution in [2.75, 3.05) is 11.5 Å². The quantitative estimate of drug-likeness (QED) is 0.552. The highest BCUT2D eigenvalue weighted by atomic mass is 32.2. The number of imide groups is 1. The molecule has 0 unspecified atom stereocenters. The van der Waals surface area contributed by atoms with Gasteiger partial charge in [0.1, 0.15) is 6.42 Å². The van der Waals surface area contributed by atoms with E-state index in [0.29, 0.717) is 18.6 Å². The van der Waals surface area contributed by atoms with Crippen LogP contribution in [0.5, 0.6) is 0 Å². The van der Waals surface area contributed by atoms with Gasteiger partial charge >= 0.3 is 6.18 Å². The largest absolute Gasteiger partial charge is 0.450 e. The fourth-order valence-electron chi connectivity index (χ4n) is 2.64. The average molecular weight is 393 g/mol. The second-order valence-electron chi connectivity index (χ2n) is 6.06. The Balaban J connectivity index is 2.43. The summed E-state index contributed by atoms with van der Waals surface area (Å²) in [5, 5.41) is 13.8. The summed E-state index contributed by atoms with van der Waals surface area (Å²) in [5.74, 6) is -3.33. The summed E-state index contributed by atoms with van der Waals surface area (Å²) < 4.78 is 36.4. The molecule has 1 aliphatic carbocycles. The molecule has 2 N–H and O–H groups in total. The number of hydrogen-bond donors (Lipinski definition) is 2. The van der Waals surface area contributed by atoms with E-state index >= 15 is 0 Å². The molecule has 1 atom stereocenters. The first-order valence-electron chi connectivity index (χ1n) is 8.38. The standard InChI is InChI=1S/C16H22F3N3O3S/c17-16(18,19)13(23)10-26-9-3-6-12(21-11-4-1-2-5-11)15(25)22-14(24)7-8-20/h11-12,21H,1-7,9-10H2,(H,22,24,25)/t12-/m0/s1. The van der Waals surface area contributed by atoms with E-state index in [-0.39, 0.29) is 6.04 Å². The molecule has 0 spiro atoms. The Labute approximate surface area is 154 Å². The van der Waals surface area contributed by atoms with Crippen molar-refractivity contribution in [3.05, 3.63) is 0 Å². The molecule has 0 bridgehead atoms. The lowest BCUT2D eigenvalue weighted by molar-refractivity contribution is -0.167. The normalized spacial score (nSPS) is 16.1. The molecule has 146 valence electrons. The summed E-state index contributed by atoms with van der Waals surface area (Å²) in [5.41, 5.74) is 0. The zero-order valence-corrected chi connectivity index (χ0v) is 15.0. The fraction of sp³-hybridized carbons (Fsp3) is 0.750. The molecule has 0 saturated heterocycles. The maximum absolute atomic E-state index is 12.2. The number of carbonyl (C=O) groups is 3. The molecule has 2 amide bonds. The maximum Gasteiger partial charge on any atom is 0.450 e. The molecular weight excluding hydrogens is 371 g/mol. The molecule has 1 rings (SSSR count). The molecular formula is C16H22F3N3O3S. The summed E-state index contributed by atoms with van der Waals surface area (Å²) in [7, 11) is 0. The van der Waals surface area contributed by atoms with E-state index in [1.807, 2.05) is 0 Å². The van der Waals surface area contributed by atoms with Gasteiger partial charge in [-0.2, -0.15) is 30.2 Å². The molecule has 1 fully saturated rings. The number of nitriles is 1. The van der Waals surface area contributed by atoms with Crippen LogP contribution < -0.4 is 10.6 Å². The van der Waals surface area contributed by atoms with E-state index in [4.69, 9.17) is 5.26 Å². The number of halogens is 3. The molecule has 0 heterocycles. The van der Waals surface area contributed by atoms with E-state index in [0.717, 1.165) is 37.4 Å². The van der Waals surface area contributed by atoms with E-state index < -0.39 is 42.0 Å². The minimum absolute atomic E-state index is 0.163. The van der Waals surface area contributed by atoms with Gasteiger partial charge in [-0.15, -0.1) is 0 Å². The summed E-state index contributed by atoms with van der Waals surface area (Å²) >= 11 is 0.868. The van der Waals surface area contributed by atoms with Gasteiger partial charge in [-0.3, -0.25) is 19.7 Å². The first kappa shape index (κ1) is 22.4. The van der Waals surface area contributed by atoms with Crippen molar-refractivity contribution in [2.24, 2.45) is 0 Å². The Bertz CT molecular complexity index is 543. The number of ketones is 1. The van der Waals surface area contributed by atoms with Crippen molar-refractivity contribution < 1.29 is 27.6 Å². The van der Waals surface area contributed by atoms with Crippen LogP contribution in [0.15, 0.2) is 0 Å².